The fourth-order valence-electron chi connectivity index (χ4n) is 3.58. The Hall–Kier alpha value is -3.56. The summed E-state index contributed by atoms with van der Waals surface area (Å²) in [6.07, 6.45) is 0. The number of aryl methyl sites for hydroxylation is 1. The second kappa shape index (κ2) is 9.13. The summed E-state index contributed by atoms with van der Waals surface area (Å²) in [6, 6.07) is 21.4. The van der Waals surface area contributed by atoms with Gasteiger partial charge in [-0.15, -0.1) is 10.2 Å². The molecule has 33 heavy (non-hydrogen) atoms. The van der Waals surface area contributed by atoms with E-state index in [2.05, 4.69) is 22.4 Å². The molecule has 1 amide bonds. The fraction of sp³-hybridized carbons (Fsp3) is 0.125. The van der Waals surface area contributed by atoms with Crippen LogP contribution in [0.15, 0.2) is 71.1 Å². The smallest absolute Gasteiger partial charge is 0.258 e. The molecule has 0 aliphatic rings. The van der Waals surface area contributed by atoms with Gasteiger partial charge in [-0.3, -0.25) is 10.1 Å². The molecular formula is C24H20N6OS2. The second-order valence-corrected chi connectivity index (χ2v) is 9.70. The van der Waals surface area contributed by atoms with E-state index in [1.807, 2.05) is 73.7 Å². The molecule has 7 nitrogen and oxygen atoms in total. The van der Waals surface area contributed by atoms with Crippen LogP contribution in [-0.4, -0.2) is 36.6 Å². The first kappa shape index (κ1) is 21.3. The number of rotatable bonds is 6. The van der Waals surface area contributed by atoms with Crippen LogP contribution >= 0.6 is 23.1 Å². The Kier molecular flexibility index (Phi) is 5.89. The second-order valence-electron chi connectivity index (χ2n) is 7.21. The Balaban J connectivity index is 1.66. The molecule has 2 aromatic carbocycles. The number of pyridine rings is 1. The van der Waals surface area contributed by atoms with E-state index >= 15 is 0 Å². The molecular weight excluding hydrogens is 452 g/mol. The molecule has 0 fully saturated rings. The third kappa shape index (κ3) is 4.24. The zero-order valence-electron chi connectivity index (χ0n) is 18.0. The molecule has 0 saturated carbocycles. The van der Waals surface area contributed by atoms with Crippen molar-refractivity contribution < 1.29 is 4.79 Å². The van der Waals surface area contributed by atoms with E-state index in [0.29, 0.717) is 27.4 Å². The van der Waals surface area contributed by atoms with Crippen LogP contribution in [0.2, 0.25) is 0 Å². The number of thioether (sulfide) groups is 1. The zero-order valence-corrected chi connectivity index (χ0v) is 19.7. The first-order valence-corrected chi connectivity index (χ1v) is 12.2. The minimum atomic E-state index is -0.264. The van der Waals surface area contributed by atoms with Crippen LogP contribution in [0.1, 0.15) is 23.0 Å². The number of para-hydroxylation sites is 1. The molecule has 5 rings (SSSR count). The van der Waals surface area contributed by atoms with Gasteiger partial charge in [-0.05, 0) is 30.9 Å². The maximum absolute atomic E-state index is 13.4. The number of carbonyl (C=O) groups excluding carboxylic acids is 1. The average molecular weight is 473 g/mol. The van der Waals surface area contributed by atoms with Crippen molar-refractivity contribution in [3.63, 3.8) is 0 Å². The van der Waals surface area contributed by atoms with E-state index in [1.54, 1.807) is 16.4 Å². The average Bonchev–Trinajstić information content (AvgIpc) is 3.43. The molecule has 1 N–H and O–H groups in total. The van der Waals surface area contributed by atoms with Crippen molar-refractivity contribution >= 4 is 45.2 Å². The molecule has 3 heterocycles. The summed E-state index contributed by atoms with van der Waals surface area (Å²) >= 11 is 2.96. The van der Waals surface area contributed by atoms with Crippen LogP contribution in [0.25, 0.3) is 28.0 Å². The van der Waals surface area contributed by atoms with Gasteiger partial charge in [0.2, 0.25) is 5.13 Å². The summed E-state index contributed by atoms with van der Waals surface area (Å²) in [7, 11) is 0. The van der Waals surface area contributed by atoms with Gasteiger partial charge in [0, 0.05) is 5.56 Å². The minimum absolute atomic E-state index is 0.264. The van der Waals surface area contributed by atoms with Crippen LogP contribution < -0.4 is 5.32 Å². The molecule has 0 spiro atoms. The van der Waals surface area contributed by atoms with Crippen LogP contribution in [0.3, 0.4) is 0 Å². The van der Waals surface area contributed by atoms with Gasteiger partial charge in [0.05, 0.1) is 28.0 Å². The van der Waals surface area contributed by atoms with Crippen molar-refractivity contribution in [2.75, 3.05) is 11.1 Å². The lowest BCUT2D eigenvalue weighted by atomic mass is 10.0. The predicted octanol–water partition coefficient (Wildman–Crippen LogP) is 5.61. The van der Waals surface area contributed by atoms with E-state index < -0.39 is 0 Å². The molecule has 3 aromatic heterocycles. The largest absolute Gasteiger partial charge is 0.296 e. The standard InChI is InChI=1S/C24H20N6OS2/c1-3-32-24-28-27-23(33-24)26-22(31)18-14-19(16-10-6-4-7-11-16)25-21-20(18)15(2)29-30(21)17-12-8-5-9-13-17/h4-14H,3H2,1-2H3,(H,26,27,31). The Morgan fingerprint density at radius 1 is 1.06 bits per heavy atom. The lowest BCUT2D eigenvalue weighted by Crippen LogP contribution is -2.13. The quantitative estimate of drug-likeness (QED) is 0.255. The number of benzene rings is 2. The van der Waals surface area contributed by atoms with Crippen LogP contribution in [0, 0.1) is 6.92 Å². The van der Waals surface area contributed by atoms with Gasteiger partial charge in [-0.2, -0.15) is 5.10 Å². The Morgan fingerprint density at radius 2 is 1.79 bits per heavy atom. The zero-order chi connectivity index (χ0) is 22.8. The summed E-state index contributed by atoms with van der Waals surface area (Å²) in [5.74, 6) is 0.630. The Labute approximate surface area is 198 Å². The van der Waals surface area contributed by atoms with E-state index in [4.69, 9.17) is 10.1 Å². The summed E-state index contributed by atoms with van der Waals surface area (Å²) in [5.41, 5.74) is 4.35. The normalized spacial score (nSPS) is 11.1. The molecule has 9 heteroatoms. The number of hydrogen-bond donors (Lipinski definition) is 1. The van der Waals surface area contributed by atoms with Crippen molar-refractivity contribution in [2.24, 2.45) is 0 Å². The summed E-state index contributed by atoms with van der Waals surface area (Å²) in [4.78, 5) is 18.3. The highest BCUT2D eigenvalue weighted by atomic mass is 32.2. The summed E-state index contributed by atoms with van der Waals surface area (Å²) in [6.45, 7) is 3.94. The topological polar surface area (TPSA) is 85.6 Å². The SMILES string of the molecule is CCSc1nnc(NC(=O)c2cc(-c3ccccc3)nc3c2c(C)nn3-c2ccccc2)s1. The van der Waals surface area contributed by atoms with Crippen LogP contribution in [0.4, 0.5) is 5.13 Å². The maximum atomic E-state index is 13.4. The van der Waals surface area contributed by atoms with Gasteiger partial charge in [0.15, 0.2) is 9.99 Å². The molecule has 0 radical (unpaired) electrons. The van der Waals surface area contributed by atoms with Gasteiger partial charge >= 0.3 is 0 Å². The maximum Gasteiger partial charge on any atom is 0.258 e. The van der Waals surface area contributed by atoms with Crippen molar-refractivity contribution in [3.05, 3.63) is 78.0 Å². The summed E-state index contributed by atoms with van der Waals surface area (Å²) in [5, 5.41) is 17.1. The highest BCUT2D eigenvalue weighted by Crippen LogP contribution is 2.30. The van der Waals surface area contributed by atoms with Crippen LogP contribution in [-0.2, 0) is 0 Å². The van der Waals surface area contributed by atoms with Crippen LogP contribution in [0.5, 0.6) is 0 Å². The van der Waals surface area contributed by atoms with Crippen molar-refractivity contribution in [3.8, 4) is 16.9 Å². The number of fused-ring (bicyclic) bond motifs is 1. The number of nitrogens with one attached hydrogen (secondary N) is 1. The third-order valence-corrected chi connectivity index (χ3v) is 6.88. The number of aromatic nitrogens is 5. The lowest BCUT2D eigenvalue weighted by Gasteiger charge is -2.09. The highest BCUT2D eigenvalue weighted by Gasteiger charge is 2.22. The molecule has 0 unspecified atom stereocenters. The first-order valence-electron chi connectivity index (χ1n) is 10.4. The van der Waals surface area contributed by atoms with E-state index in [1.165, 1.54) is 11.3 Å². The number of anilines is 1. The molecule has 164 valence electrons. The van der Waals surface area contributed by atoms with Gasteiger partial charge in [0.1, 0.15) is 0 Å². The number of hydrogen-bond acceptors (Lipinski definition) is 7. The number of carbonyl (C=O) groups is 1. The summed E-state index contributed by atoms with van der Waals surface area (Å²) < 4.78 is 2.61. The minimum Gasteiger partial charge on any atom is -0.296 e. The lowest BCUT2D eigenvalue weighted by molar-refractivity contribution is 0.102. The Bertz CT molecular complexity index is 1430. The highest BCUT2D eigenvalue weighted by molar-refractivity contribution is 8.01. The molecule has 0 bridgehead atoms. The van der Waals surface area contributed by atoms with Crippen molar-refractivity contribution in [1.82, 2.24) is 25.0 Å². The van der Waals surface area contributed by atoms with E-state index in [9.17, 15) is 4.79 Å². The fourth-order valence-corrected chi connectivity index (χ4v) is 5.22. The molecule has 0 atom stereocenters. The molecule has 0 aliphatic carbocycles. The van der Waals surface area contributed by atoms with Crippen molar-refractivity contribution in [2.45, 2.75) is 18.2 Å². The monoisotopic (exact) mass is 472 g/mol. The first-order chi connectivity index (χ1) is 16.1. The van der Waals surface area contributed by atoms with E-state index in [0.717, 1.165) is 27.0 Å². The van der Waals surface area contributed by atoms with Crippen molar-refractivity contribution in [1.29, 1.82) is 0 Å². The third-order valence-electron chi connectivity index (χ3n) is 5.02. The Morgan fingerprint density at radius 3 is 2.52 bits per heavy atom. The number of nitrogens with zero attached hydrogens (tertiary/aromatic N) is 5. The van der Waals surface area contributed by atoms with Gasteiger partial charge in [-0.1, -0.05) is 78.6 Å². The van der Waals surface area contributed by atoms with Gasteiger partial charge < -0.3 is 0 Å². The molecule has 5 aromatic rings. The van der Waals surface area contributed by atoms with Gasteiger partial charge in [0.25, 0.3) is 5.91 Å². The van der Waals surface area contributed by atoms with E-state index in [-0.39, 0.29) is 5.91 Å². The van der Waals surface area contributed by atoms with Gasteiger partial charge in [-0.25, -0.2) is 9.67 Å². The number of amides is 1. The predicted molar refractivity (Wildman–Crippen MR) is 133 cm³/mol. The molecule has 0 aliphatic heterocycles. The molecule has 0 saturated heterocycles.